The van der Waals surface area contributed by atoms with Gasteiger partial charge in [-0.1, -0.05) is 27.5 Å². The van der Waals surface area contributed by atoms with Crippen LogP contribution in [0.5, 0.6) is 0 Å². The van der Waals surface area contributed by atoms with Gasteiger partial charge in [-0.15, -0.1) is 0 Å². The maximum Gasteiger partial charge on any atom is 0.327 e. The summed E-state index contributed by atoms with van der Waals surface area (Å²) >= 11 is 9.14. The van der Waals surface area contributed by atoms with E-state index in [1.54, 1.807) is 6.07 Å². The molecule has 0 bridgehead atoms. The first-order valence-electron chi connectivity index (χ1n) is 4.82. The number of carboxylic acid groups (broad SMARTS) is 1. The minimum atomic E-state index is -3.74. The Bertz CT molecular complexity index is 575. The maximum atomic E-state index is 11.7. The first kappa shape index (κ1) is 15.3. The van der Waals surface area contributed by atoms with Crippen LogP contribution in [0, 0.1) is 0 Å². The van der Waals surface area contributed by atoms with E-state index < -0.39 is 22.0 Å². The van der Waals surface area contributed by atoms with Crippen LogP contribution in [0.15, 0.2) is 22.7 Å². The molecule has 0 aliphatic rings. The van der Waals surface area contributed by atoms with Gasteiger partial charge in [-0.3, -0.25) is 4.31 Å². The zero-order valence-corrected chi connectivity index (χ0v) is 12.8. The van der Waals surface area contributed by atoms with Gasteiger partial charge < -0.3 is 5.11 Å². The van der Waals surface area contributed by atoms with E-state index >= 15 is 0 Å². The number of hydrogen-bond donors (Lipinski definition) is 1. The summed E-state index contributed by atoms with van der Waals surface area (Å²) in [5.74, 6) is -1.25. The molecule has 1 unspecified atom stereocenters. The van der Waals surface area contributed by atoms with E-state index in [0.717, 1.165) is 10.6 Å². The lowest BCUT2D eigenvalue weighted by Crippen LogP contribution is -2.43. The fourth-order valence-electron chi connectivity index (χ4n) is 1.43. The third-order valence-electron chi connectivity index (χ3n) is 2.21. The van der Waals surface area contributed by atoms with Crippen molar-refractivity contribution in [1.29, 1.82) is 0 Å². The molecule has 8 heteroatoms. The lowest BCUT2D eigenvalue weighted by molar-refractivity contribution is -0.137. The molecule has 0 heterocycles. The molecule has 0 saturated heterocycles. The van der Waals surface area contributed by atoms with Crippen LogP contribution in [0.3, 0.4) is 0 Å². The summed E-state index contributed by atoms with van der Waals surface area (Å²) in [6, 6.07) is 3.31. The Kier molecular flexibility index (Phi) is 4.63. The number of aliphatic carboxylic acids is 1. The highest BCUT2D eigenvalue weighted by Crippen LogP contribution is 2.31. The normalized spacial score (nSPS) is 13.1. The number of anilines is 1. The Morgan fingerprint density at radius 2 is 2.06 bits per heavy atom. The second-order valence-electron chi connectivity index (χ2n) is 3.67. The second kappa shape index (κ2) is 5.46. The van der Waals surface area contributed by atoms with Gasteiger partial charge in [0, 0.05) is 4.47 Å². The molecule has 0 spiro atoms. The summed E-state index contributed by atoms with van der Waals surface area (Å²) in [7, 11) is -3.74. The van der Waals surface area contributed by atoms with Crippen molar-refractivity contribution >= 4 is 49.2 Å². The summed E-state index contributed by atoms with van der Waals surface area (Å²) in [5.41, 5.74) is 0.136. The molecule has 1 rings (SSSR count). The summed E-state index contributed by atoms with van der Waals surface area (Å²) < 4.78 is 24.9. The predicted octanol–water partition coefficient (Wildman–Crippen LogP) is 2.34. The number of carboxylic acids is 1. The second-order valence-corrected chi connectivity index (χ2v) is 6.85. The lowest BCUT2D eigenvalue weighted by atomic mass is 10.2. The summed E-state index contributed by atoms with van der Waals surface area (Å²) in [4.78, 5) is 11.0. The molecule has 18 heavy (non-hydrogen) atoms. The van der Waals surface area contributed by atoms with Crippen molar-refractivity contribution in [2.45, 2.75) is 13.0 Å². The van der Waals surface area contributed by atoms with E-state index in [4.69, 9.17) is 16.7 Å². The minimum absolute atomic E-state index is 0.136. The molecule has 5 nitrogen and oxygen atoms in total. The molecule has 0 aromatic heterocycles. The van der Waals surface area contributed by atoms with Crippen LogP contribution >= 0.6 is 27.5 Å². The fraction of sp³-hybridized carbons (Fsp3) is 0.300. The van der Waals surface area contributed by atoms with Crippen LogP contribution < -0.4 is 4.31 Å². The van der Waals surface area contributed by atoms with Crippen LogP contribution in [0.4, 0.5) is 5.69 Å². The van der Waals surface area contributed by atoms with Crippen molar-refractivity contribution in [3.05, 3.63) is 27.7 Å². The monoisotopic (exact) mass is 355 g/mol. The number of nitrogens with zero attached hydrogens (tertiary/aromatic N) is 1. The molecular formula is C10H11BrClNO4S. The van der Waals surface area contributed by atoms with Crippen molar-refractivity contribution < 1.29 is 18.3 Å². The molecule has 1 aromatic rings. The number of halogens is 2. The van der Waals surface area contributed by atoms with Gasteiger partial charge in [-0.05, 0) is 25.1 Å². The number of sulfonamides is 1. The molecule has 1 atom stereocenters. The number of hydrogen-bond acceptors (Lipinski definition) is 3. The van der Waals surface area contributed by atoms with Gasteiger partial charge in [-0.2, -0.15) is 0 Å². The molecular weight excluding hydrogens is 346 g/mol. The fourth-order valence-corrected chi connectivity index (χ4v) is 3.43. The van der Waals surface area contributed by atoms with E-state index in [0.29, 0.717) is 4.47 Å². The molecule has 0 radical (unpaired) electrons. The molecule has 1 N–H and O–H groups in total. The van der Waals surface area contributed by atoms with Gasteiger partial charge in [0.05, 0.1) is 17.0 Å². The van der Waals surface area contributed by atoms with E-state index in [-0.39, 0.29) is 10.7 Å². The molecule has 1 aromatic carbocycles. The molecule has 0 aliphatic carbocycles. The van der Waals surface area contributed by atoms with Gasteiger partial charge in [0.1, 0.15) is 6.04 Å². The Morgan fingerprint density at radius 3 is 2.44 bits per heavy atom. The highest BCUT2D eigenvalue weighted by atomic mass is 79.9. The zero-order valence-electron chi connectivity index (χ0n) is 9.59. The van der Waals surface area contributed by atoms with Gasteiger partial charge in [0.15, 0.2) is 0 Å². The van der Waals surface area contributed by atoms with E-state index in [1.165, 1.54) is 19.1 Å². The standard InChI is InChI=1S/C10H11BrClNO4S/c1-6(10(14)15)13(18(2,16)17)9-4-3-7(11)5-8(9)12/h3-6H,1-2H3,(H,14,15). The maximum absolute atomic E-state index is 11.7. The average molecular weight is 357 g/mol. The van der Waals surface area contributed by atoms with Gasteiger partial charge in [0.2, 0.25) is 10.0 Å². The van der Waals surface area contributed by atoms with Gasteiger partial charge in [-0.25, -0.2) is 13.2 Å². The molecule has 0 saturated carbocycles. The summed E-state index contributed by atoms with van der Waals surface area (Å²) in [5, 5.41) is 9.12. The highest BCUT2D eigenvalue weighted by molar-refractivity contribution is 9.10. The predicted molar refractivity (Wildman–Crippen MR) is 73.6 cm³/mol. The van der Waals surface area contributed by atoms with Crippen molar-refractivity contribution in [2.75, 3.05) is 10.6 Å². The topological polar surface area (TPSA) is 74.7 Å². The number of rotatable bonds is 4. The Morgan fingerprint density at radius 1 is 1.50 bits per heavy atom. The van der Waals surface area contributed by atoms with Crippen LogP contribution in [-0.4, -0.2) is 31.8 Å². The Hall–Kier alpha value is -0.790. The zero-order chi connectivity index (χ0) is 14.1. The van der Waals surface area contributed by atoms with Crippen LogP contribution in [0.1, 0.15) is 6.92 Å². The quantitative estimate of drug-likeness (QED) is 0.898. The first-order chi connectivity index (χ1) is 8.14. The third kappa shape index (κ3) is 3.37. The lowest BCUT2D eigenvalue weighted by Gasteiger charge is -2.27. The molecule has 100 valence electrons. The van der Waals surface area contributed by atoms with E-state index in [1.807, 2.05) is 0 Å². The van der Waals surface area contributed by atoms with E-state index in [2.05, 4.69) is 15.9 Å². The van der Waals surface area contributed by atoms with Crippen molar-refractivity contribution in [1.82, 2.24) is 0 Å². The van der Waals surface area contributed by atoms with Crippen molar-refractivity contribution in [3.8, 4) is 0 Å². The summed E-state index contributed by atoms with van der Waals surface area (Å²) in [6.45, 7) is 1.28. The molecule has 0 aliphatic heterocycles. The van der Waals surface area contributed by atoms with Crippen LogP contribution in [0.2, 0.25) is 5.02 Å². The van der Waals surface area contributed by atoms with Crippen LogP contribution in [0.25, 0.3) is 0 Å². The number of carbonyl (C=O) groups is 1. The first-order valence-corrected chi connectivity index (χ1v) is 7.83. The average Bonchev–Trinajstić information content (AvgIpc) is 2.19. The molecule has 0 amide bonds. The molecule has 0 fully saturated rings. The van der Waals surface area contributed by atoms with Crippen LogP contribution in [-0.2, 0) is 14.8 Å². The van der Waals surface area contributed by atoms with E-state index in [9.17, 15) is 13.2 Å². The Labute approximate surface area is 119 Å². The minimum Gasteiger partial charge on any atom is -0.480 e. The van der Waals surface area contributed by atoms with Crippen molar-refractivity contribution in [3.63, 3.8) is 0 Å². The smallest absolute Gasteiger partial charge is 0.327 e. The van der Waals surface area contributed by atoms with Gasteiger partial charge >= 0.3 is 5.97 Å². The highest BCUT2D eigenvalue weighted by Gasteiger charge is 2.30. The van der Waals surface area contributed by atoms with Gasteiger partial charge in [0.25, 0.3) is 0 Å². The SMILES string of the molecule is CC(C(=O)O)N(c1ccc(Br)cc1Cl)S(C)(=O)=O. The third-order valence-corrected chi connectivity index (χ3v) is 4.24. The number of benzene rings is 1. The summed E-state index contributed by atoms with van der Waals surface area (Å²) in [6.07, 6.45) is 0.935. The van der Waals surface area contributed by atoms with Crippen molar-refractivity contribution in [2.24, 2.45) is 0 Å². The largest absolute Gasteiger partial charge is 0.480 e. The Balaban J connectivity index is 3.40.